The van der Waals surface area contributed by atoms with Gasteiger partial charge in [0.1, 0.15) is 0 Å². The quantitative estimate of drug-likeness (QED) is 0.185. The van der Waals surface area contributed by atoms with Crippen molar-refractivity contribution in [1.82, 2.24) is 19.5 Å². The normalized spacial score (nSPS) is 11.8. The fraction of sp³-hybridized carbons (Fsp3) is 0.0851. The first-order valence-electron chi connectivity index (χ1n) is 17.5. The molecular formula is C47H36N4. The van der Waals surface area contributed by atoms with E-state index in [1.54, 1.807) is 0 Å². The van der Waals surface area contributed by atoms with Crippen LogP contribution in [0.1, 0.15) is 26.3 Å². The number of hydrogen-bond donors (Lipinski definition) is 0. The van der Waals surface area contributed by atoms with Gasteiger partial charge in [0.15, 0.2) is 11.6 Å². The molecule has 0 aliphatic heterocycles. The molecule has 9 rings (SSSR count). The highest BCUT2D eigenvalue weighted by molar-refractivity contribution is 6.24. The molecule has 0 aliphatic rings. The Morgan fingerprint density at radius 2 is 0.941 bits per heavy atom. The predicted octanol–water partition coefficient (Wildman–Crippen LogP) is 12.1. The van der Waals surface area contributed by atoms with Crippen LogP contribution in [0.15, 0.2) is 164 Å². The standard InChI is InChI=1S/C47H36N4/c1-47(2,3)36-26-23-31(24-27-36)35-25-28-39-41(29-35)51(42-30-40(32-15-7-4-8-16-32)37-21-13-14-22-38(37)43(39)42)46-49-44(33-17-9-5-10-18-33)48-45(50-46)34-19-11-6-12-20-34/h4-30H,1-3H3. The minimum Gasteiger partial charge on any atom is -0.278 e. The van der Waals surface area contributed by atoms with Gasteiger partial charge in [0.25, 0.3) is 0 Å². The van der Waals surface area contributed by atoms with Gasteiger partial charge in [0, 0.05) is 21.9 Å². The Hall–Kier alpha value is -6.39. The van der Waals surface area contributed by atoms with Gasteiger partial charge in [0.05, 0.1) is 11.0 Å². The van der Waals surface area contributed by atoms with Crippen molar-refractivity contribution in [3.05, 3.63) is 169 Å². The van der Waals surface area contributed by atoms with Crippen LogP contribution in [-0.2, 0) is 5.41 Å². The second-order valence-electron chi connectivity index (χ2n) is 14.1. The largest absolute Gasteiger partial charge is 0.278 e. The highest BCUT2D eigenvalue weighted by Crippen LogP contribution is 2.42. The monoisotopic (exact) mass is 656 g/mol. The molecule has 0 saturated heterocycles. The number of nitrogens with zero attached hydrogens (tertiary/aromatic N) is 4. The summed E-state index contributed by atoms with van der Waals surface area (Å²) in [7, 11) is 0. The zero-order valence-electron chi connectivity index (χ0n) is 28.9. The van der Waals surface area contributed by atoms with E-state index in [9.17, 15) is 0 Å². The molecule has 0 aliphatic carbocycles. The summed E-state index contributed by atoms with van der Waals surface area (Å²) in [6.07, 6.45) is 0. The Balaban J connectivity index is 1.39. The van der Waals surface area contributed by atoms with Crippen LogP contribution in [0.4, 0.5) is 0 Å². The molecule has 4 heteroatoms. The lowest BCUT2D eigenvalue weighted by Gasteiger charge is -2.19. The first-order valence-corrected chi connectivity index (χ1v) is 17.5. The average Bonchev–Trinajstić information content (AvgIpc) is 3.52. The van der Waals surface area contributed by atoms with Gasteiger partial charge in [-0.2, -0.15) is 9.97 Å². The Kier molecular flexibility index (Phi) is 7.32. The summed E-state index contributed by atoms with van der Waals surface area (Å²) in [4.78, 5) is 15.5. The minimum absolute atomic E-state index is 0.0814. The van der Waals surface area contributed by atoms with Crippen LogP contribution in [0.3, 0.4) is 0 Å². The van der Waals surface area contributed by atoms with Crippen LogP contribution in [0.5, 0.6) is 0 Å². The number of fused-ring (bicyclic) bond motifs is 5. The average molecular weight is 657 g/mol. The first kappa shape index (κ1) is 30.7. The van der Waals surface area contributed by atoms with E-state index >= 15 is 0 Å². The molecule has 0 saturated carbocycles. The number of rotatable bonds is 5. The molecule has 0 unspecified atom stereocenters. The fourth-order valence-corrected chi connectivity index (χ4v) is 7.19. The maximum absolute atomic E-state index is 5.24. The smallest absolute Gasteiger partial charge is 0.238 e. The molecule has 0 N–H and O–H groups in total. The third-order valence-electron chi connectivity index (χ3n) is 9.83. The zero-order chi connectivity index (χ0) is 34.5. The molecule has 51 heavy (non-hydrogen) atoms. The molecular weight excluding hydrogens is 621 g/mol. The van der Waals surface area contributed by atoms with Gasteiger partial charge in [-0.05, 0) is 56.1 Å². The van der Waals surface area contributed by atoms with E-state index in [1.807, 2.05) is 36.4 Å². The highest BCUT2D eigenvalue weighted by atomic mass is 15.2. The Labute approximate surface area is 297 Å². The van der Waals surface area contributed by atoms with Crippen molar-refractivity contribution in [3.8, 4) is 51.0 Å². The van der Waals surface area contributed by atoms with Crippen molar-refractivity contribution >= 4 is 32.6 Å². The summed E-state index contributed by atoms with van der Waals surface area (Å²) < 4.78 is 2.25. The first-order chi connectivity index (χ1) is 24.9. The topological polar surface area (TPSA) is 43.6 Å². The summed E-state index contributed by atoms with van der Waals surface area (Å²) in [6, 6.07) is 57.8. The maximum atomic E-state index is 5.24. The van der Waals surface area contributed by atoms with E-state index in [0.29, 0.717) is 17.6 Å². The second-order valence-corrected chi connectivity index (χ2v) is 14.1. The molecule has 0 radical (unpaired) electrons. The van der Waals surface area contributed by atoms with Crippen molar-refractivity contribution in [2.75, 3.05) is 0 Å². The van der Waals surface area contributed by atoms with Crippen molar-refractivity contribution in [2.24, 2.45) is 0 Å². The number of benzene rings is 7. The van der Waals surface area contributed by atoms with Crippen LogP contribution in [0.25, 0.3) is 83.6 Å². The lowest BCUT2D eigenvalue weighted by molar-refractivity contribution is 0.590. The van der Waals surface area contributed by atoms with E-state index in [2.05, 4.69) is 153 Å². The van der Waals surface area contributed by atoms with Crippen LogP contribution < -0.4 is 0 Å². The minimum atomic E-state index is 0.0814. The molecule has 0 amide bonds. The fourth-order valence-electron chi connectivity index (χ4n) is 7.19. The number of hydrogen-bond acceptors (Lipinski definition) is 3. The number of aromatic nitrogens is 4. The van der Waals surface area contributed by atoms with E-state index in [1.165, 1.54) is 32.8 Å². The van der Waals surface area contributed by atoms with Crippen molar-refractivity contribution in [2.45, 2.75) is 26.2 Å². The molecule has 4 nitrogen and oxygen atoms in total. The predicted molar refractivity (Wildman–Crippen MR) is 212 cm³/mol. The summed E-state index contributed by atoms with van der Waals surface area (Å²) in [5.41, 5.74) is 10.0. The van der Waals surface area contributed by atoms with Crippen LogP contribution in [-0.4, -0.2) is 19.5 Å². The van der Waals surface area contributed by atoms with Gasteiger partial charge in [-0.15, -0.1) is 0 Å². The molecule has 2 aromatic heterocycles. The van der Waals surface area contributed by atoms with Gasteiger partial charge < -0.3 is 0 Å². The Morgan fingerprint density at radius 3 is 1.53 bits per heavy atom. The molecule has 244 valence electrons. The van der Waals surface area contributed by atoms with Gasteiger partial charge >= 0.3 is 0 Å². The second kappa shape index (κ2) is 12.2. The van der Waals surface area contributed by atoms with Crippen molar-refractivity contribution in [3.63, 3.8) is 0 Å². The summed E-state index contributed by atoms with van der Waals surface area (Å²) in [6.45, 7) is 6.76. The van der Waals surface area contributed by atoms with Gasteiger partial charge in [-0.3, -0.25) is 4.57 Å². The maximum Gasteiger partial charge on any atom is 0.238 e. The van der Waals surface area contributed by atoms with Gasteiger partial charge in [-0.25, -0.2) is 4.98 Å². The van der Waals surface area contributed by atoms with Gasteiger partial charge in [-0.1, -0.05) is 172 Å². The Bertz CT molecular complexity index is 2630. The van der Waals surface area contributed by atoms with Crippen LogP contribution >= 0.6 is 0 Å². The van der Waals surface area contributed by atoms with E-state index in [-0.39, 0.29) is 5.41 Å². The van der Waals surface area contributed by atoms with Gasteiger partial charge in [0.2, 0.25) is 5.95 Å². The summed E-state index contributed by atoms with van der Waals surface area (Å²) in [5, 5.41) is 4.74. The third kappa shape index (κ3) is 5.46. The SMILES string of the molecule is CC(C)(C)c1ccc(-c2ccc3c4c5ccccc5c(-c5ccccc5)cc4n(-c4nc(-c5ccccc5)nc(-c5ccccc5)n4)c3c2)cc1. The molecule has 0 fully saturated rings. The van der Waals surface area contributed by atoms with Crippen LogP contribution in [0, 0.1) is 0 Å². The zero-order valence-corrected chi connectivity index (χ0v) is 28.9. The van der Waals surface area contributed by atoms with Crippen LogP contribution in [0.2, 0.25) is 0 Å². The molecule has 0 spiro atoms. The van der Waals surface area contributed by atoms with E-state index < -0.39 is 0 Å². The summed E-state index contributed by atoms with van der Waals surface area (Å²) in [5.74, 6) is 1.84. The van der Waals surface area contributed by atoms with E-state index in [0.717, 1.165) is 38.7 Å². The van der Waals surface area contributed by atoms with Crippen molar-refractivity contribution in [1.29, 1.82) is 0 Å². The molecule has 7 aromatic carbocycles. The summed E-state index contributed by atoms with van der Waals surface area (Å²) >= 11 is 0. The molecule has 0 atom stereocenters. The molecule has 9 aromatic rings. The lowest BCUT2D eigenvalue weighted by atomic mass is 9.86. The molecule has 2 heterocycles. The molecule has 0 bridgehead atoms. The lowest BCUT2D eigenvalue weighted by Crippen LogP contribution is -2.10. The Morgan fingerprint density at radius 1 is 0.412 bits per heavy atom. The van der Waals surface area contributed by atoms with Crippen molar-refractivity contribution < 1.29 is 0 Å². The third-order valence-corrected chi connectivity index (χ3v) is 9.83. The highest BCUT2D eigenvalue weighted by Gasteiger charge is 2.22. The van der Waals surface area contributed by atoms with E-state index in [4.69, 9.17) is 15.0 Å².